The molecule has 0 radical (unpaired) electrons. The highest BCUT2D eigenvalue weighted by Crippen LogP contribution is 2.25. The molecule has 0 aliphatic carbocycles. The van der Waals surface area contributed by atoms with Gasteiger partial charge in [-0.15, -0.1) is 0 Å². The maximum absolute atomic E-state index is 12.9. The Morgan fingerprint density at radius 2 is 1.63 bits per heavy atom. The lowest BCUT2D eigenvalue weighted by Crippen LogP contribution is -2.30. The van der Waals surface area contributed by atoms with Gasteiger partial charge in [0.15, 0.2) is 0 Å². The molecule has 4 aromatic rings. The summed E-state index contributed by atoms with van der Waals surface area (Å²) in [5.41, 5.74) is 1.61. The number of hydrogen-bond acceptors (Lipinski definition) is 5. The normalized spacial score (nSPS) is 12.6. The van der Waals surface area contributed by atoms with Crippen LogP contribution in [-0.4, -0.2) is 18.6 Å². The predicted molar refractivity (Wildman–Crippen MR) is 114 cm³/mol. The third kappa shape index (κ3) is 4.76. The molecule has 0 amide bonds. The Balaban J connectivity index is 1.67. The van der Waals surface area contributed by atoms with Crippen LogP contribution in [0.3, 0.4) is 0 Å². The summed E-state index contributed by atoms with van der Waals surface area (Å²) < 4.78 is 34.0. The van der Waals surface area contributed by atoms with Gasteiger partial charge in [0.05, 0.1) is 4.90 Å². The van der Waals surface area contributed by atoms with Crippen LogP contribution in [0.5, 0.6) is 0 Å². The Bertz CT molecular complexity index is 1230. The topological polar surface area (TPSA) is 85.1 Å². The third-order valence-corrected chi connectivity index (χ3v) is 6.18. The minimum Gasteiger partial charge on any atom is -0.337 e. The van der Waals surface area contributed by atoms with Gasteiger partial charge in [-0.25, -0.2) is 8.42 Å². The van der Waals surface area contributed by atoms with E-state index >= 15 is 0 Å². The Hall–Kier alpha value is -3.00. The average molecular weight is 440 g/mol. The van der Waals surface area contributed by atoms with Gasteiger partial charge in [-0.2, -0.15) is 9.71 Å². The molecular formula is C22H18ClN3O3S. The van der Waals surface area contributed by atoms with Crippen LogP contribution >= 0.6 is 11.6 Å². The molecule has 0 fully saturated rings. The van der Waals surface area contributed by atoms with Crippen molar-refractivity contribution in [1.82, 2.24) is 14.9 Å². The number of benzene rings is 3. The van der Waals surface area contributed by atoms with Gasteiger partial charge in [0.1, 0.15) is 6.04 Å². The van der Waals surface area contributed by atoms with Gasteiger partial charge in [-0.1, -0.05) is 77.4 Å². The van der Waals surface area contributed by atoms with E-state index in [0.29, 0.717) is 22.8 Å². The van der Waals surface area contributed by atoms with Crippen molar-refractivity contribution in [2.45, 2.75) is 17.4 Å². The van der Waals surface area contributed by atoms with Crippen molar-refractivity contribution in [2.24, 2.45) is 0 Å². The van der Waals surface area contributed by atoms with E-state index in [9.17, 15) is 8.42 Å². The van der Waals surface area contributed by atoms with Gasteiger partial charge in [-0.05, 0) is 36.2 Å². The van der Waals surface area contributed by atoms with E-state index in [2.05, 4.69) is 14.9 Å². The number of rotatable bonds is 7. The molecule has 1 N–H and O–H groups in total. The maximum atomic E-state index is 12.9. The van der Waals surface area contributed by atoms with E-state index in [1.54, 1.807) is 42.5 Å². The second kappa shape index (κ2) is 8.79. The summed E-state index contributed by atoms with van der Waals surface area (Å²) in [6.07, 6.45) is 0.351. The molecule has 1 atom stereocenters. The van der Waals surface area contributed by atoms with Crippen LogP contribution in [0.1, 0.15) is 17.5 Å². The predicted octanol–water partition coefficient (Wildman–Crippen LogP) is 4.65. The number of sulfonamides is 1. The van der Waals surface area contributed by atoms with Crippen LogP contribution in [0.2, 0.25) is 5.02 Å². The summed E-state index contributed by atoms with van der Waals surface area (Å²) in [7, 11) is -3.79. The van der Waals surface area contributed by atoms with Gasteiger partial charge >= 0.3 is 0 Å². The lowest BCUT2D eigenvalue weighted by molar-refractivity contribution is 0.345. The van der Waals surface area contributed by atoms with Gasteiger partial charge in [0.25, 0.3) is 0 Å². The molecule has 0 aliphatic rings. The van der Waals surface area contributed by atoms with Gasteiger partial charge in [-0.3, -0.25) is 0 Å². The molecule has 8 heteroatoms. The SMILES string of the molecule is O=S(=O)(N[C@@H](Cc1ccccc1)c1nc(-c2cccc(Cl)c2)no1)c1ccccc1. The Labute approximate surface area is 179 Å². The third-order valence-electron chi connectivity index (χ3n) is 4.46. The number of nitrogens with one attached hydrogen (secondary N) is 1. The number of hydrogen-bond donors (Lipinski definition) is 1. The van der Waals surface area contributed by atoms with Crippen LogP contribution in [0.4, 0.5) is 0 Å². The Morgan fingerprint density at radius 1 is 0.933 bits per heavy atom. The molecule has 0 spiro atoms. The summed E-state index contributed by atoms with van der Waals surface area (Å²) >= 11 is 6.05. The molecule has 0 saturated carbocycles. The quantitative estimate of drug-likeness (QED) is 0.453. The van der Waals surface area contributed by atoms with E-state index in [0.717, 1.165) is 5.56 Å². The zero-order chi connectivity index (χ0) is 21.0. The fourth-order valence-corrected chi connectivity index (χ4v) is 4.41. The molecular weight excluding hydrogens is 422 g/mol. The molecule has 6 nitrogen and oxygen atoms in total. The van der Waals surface area contributed by atoms with Crippen molar-refractivity contribution >= 4 is 21.6 Å². The first kappa shape index (κ1) is 20.3. The molecule has 0 bridgehead atoms. The van der Waals surface area contributed by atoms with Crippen molar-refractivity contribution in [3.05, 3.63) is 101 Å². The molecule has 30 heavy (non-hydrogen) atoms. The maximum Gasteiger partial charge on any atom is 0.245 e. The summed E-state index contributed by atoms with van der Waals surface area (Å²) in [5.74, 6) is 0.512. The second-order valence-electron chi connectivity index (χ2n) is 6.64. The zero-order valence-electron chi connectivity index (χ0n) is 15.8. The number of nitrogens with zero attached hydrogens (tertiary/aromatic N) is 2. The van der Waals surface area contributed by atoms with Crippen molar-refractivity contribution in [1.29, 1.82) is 0 Å². The summed E-state index contributed by atoms with van der Waals surface area (Å²) in [5, 5.41) is 4.56. The van der Waals surface area contributed by atoms with Gasteiger partial charge in [0, 0.05) is 10.6 Å². The van der Waals surface area contributed by atoms with Crippen molar-refractivity contribution < 1.29 is 12.9 Å². The van der Waals surface area contributed by atoms with E-state index in [4.69, 9.17) is 16.1 Å². The standard InChI is InChI=1S/C22H18ClN3O3S/c23-18-11-7-10-17(15-18)21-24-22(29-25-21)20(14-16-8-3-1-4-9-16)26-30(27,28)19-12-5-2-6-13-19/h1-13,15,20,26H,14H2/t20-/m0/s1. The van der Waals surface area contributed by atoms with Crippen LogP contribution < -0.4 is 4.72 Å². The molecule has 1 heterocycles. The monoisotopic (exact) mass is 439 g/mol. The first-order valence-electron chi connectivity index (χ1n) is 9.22. The molecule has 1 aromatic heterocycles. The lowest BCUT2D eigenvalue weighted by Gasteiger charge is -2.15. The van der Waals surface area contributed by atoms with Gasteiger partial charge < -0.3 is 4.52 Å². The largest absolute Gasteiger partial charge is 0.337 e. The summed E-state index contributed by atoms with van der Waals surface area (Å²) in [4.78, 5) is 4.60. The molecule has 0 saturated heterocycles. The van der Waals surface area contributed by atoms with E-state index in [1.807, 2.05) is 30.3 Å². The summed E-state index contributed by atoms with van der Waals surface area (Å²) in [6.45, 7) is 0. The lowest BCUT2D eigenvalue weighted by atomic mass is 10.1. The highest BCUT2D eigenvalue weighted by Gasteiger charge is 2.26. The van der Waals surface area contributed by atoms with E-state index < -0.39 is 16.1 Å². The van der Waals surface area contributed by atoms with Crippen LogP contribution in [-0.2, 0) is 16.4 Å². The Morgan fingerprint density at radius 3 is 2.33 bits per heavy atom. The molecule has 152 valence electrons. The average Bonchev–Trinajstić information content (AvgIpc) is 3.25. The molecule has 0 unspecified atom stereocenters. The fourth-order valence-electron chi connectivity index (χ4n) is 3.01. The van der Waals surface area contributed by atoms with Gasteiger partial charge in [0.2, 0.25) is 21.7 Å². The van der Waals surface area contributed by atoms with E-state index in [1.165, 1.54) is 12.1 Å². The summed E-state index contributed by atoms with van der Waals surface area (Å²) in [6, 6.07) is 24.0. The molecule has 3 aromatic carbocycles. The highest BCUT2D eigenvalue weighted by molar-refractivity contribution is 7.89. The minimum absolute atomic E-state index is 0.164. The van der Waals surface area contributed by atoms with Crippen molar-refractivity contribution in [3.63, 3.8) is 0 Å². The van der Waals surface area contributed by atoms with E-state index in [-0.39, 0.29) is 10.8 Å². The smallest absolute Gasteiger partial charge is 0.245 e. The van der Waals surface area contributed by atoms with Crippen LogP contribution in [0.25, 0.3) is 11.4 Å². The van der Waals surface area contributed by atoms with Crippen LogP contribution in [0, 0.1) is 0 Å². The highest BCUT2D eigenvalue weighted by atomic mass is 35.5. The minimum atomic E-state index is -3.79. The van der Waals surface area contributed by atoms with Crippen molar-refractivity contribution in [2.75, 3.05) is 0 Å². The molecule has 0 aliphatic heterocycles. The van der Waals surface area contributed by atoms with Crippen molar-refractivity contribution in [3.8, 4) is 11.4 Å². The fraction of sp³-hybridized carbons (Fsp3) is 0.0909. The number of halogens is 1. The Kier molecular flexibility index (Phi) is 5.94. The first-order valence-corrected chi connectivity index (χ1v) is 11.1. The second-order valence-corrected chi connectivity index (χ2v) is 8.79. The molecule has 4 rings (SSSR count). The van der Waals surface area contributed by atoms with Crippen LogP contribution in [0.15, 0.2) is 94.3 Å². The first-order chi connectivity index (χ1) is 14.5. The zero-order valence-corrected chi connectivity index (χ0v) is 17.3. The number of aromatic nitrogens is 2.